The van der Waals surface area contributed by atoms with Crippen LogP contribution < -0.4 is 0 Å². The molecule has 0 saturated carbocycles. The van der Waals surface area contributed by atoms with E-state index in [0.717, 1.165) is 17.6 Å². The molecule has 2 heterocycles. The highest BCUT2D eigenvalue weighted by atomic mass is 79.9. The lowest BCUT2D eigenvalue weighted by Gasteiger charge is -2.35. The number of nitrogens with zero attached hydrogens (tertiary/aromatic N) is 3. The molecule has 0 amide bonds. The first-order valence-corrected chi connectivity index (χ1v) is 8.06. The molecule has 106 valence electrons. The molecule has 3 nitrogen and oxygen atoms in total. The second-order valence-electron chi connectivity index (χ2n) is 5.49. The first kappa shape index (κ1) is 13.8. The zero-order valence-electron chi connectivity index (χ0n) is 11.6. The highest BCUT2D eigenvalue weighted by Gasteiger charge is 2.22. The van der Waals surface area contributed by atoms with Crippen LogP contribution in [0.1, 0.15) is 24.8 Å². The normalized spacial score (nSPS) is 20.1. The van der Waals surface area contributed by atoms with Crippen LogP contribution in [0.5, 0.6) is 0 Å². The quantitative estimate of drug-likeness (QED) is 0.850. The molecule has 1 atom stereocenters. The van der Waals surface area contributed by atoms with E-state index in [-0.39, 0.29) is 0 Å². The molecule has 20 heavy (non-hydrogen) atoms. The molecule has 0 radical (unpaired) electrons. The molecule has 0 N–H and O–H groups in total. The van der Waals surface area contributed by atoms with Crippen molar-refractivity contribution in [1.29, 1.82) is 0 Å². The fourth-order valence-electron chi connectivity index (χ4n) is 2.97. The molecule has 4 heteroatoms. The minimum Gasteiger partial charge on any atom is -0.281 e. The van der Waals surface area contributed by atoms with Gasteiger partial charge in [-0.15, -0.1) is 0 Å². The van der Waals surface area contributed by atoms with Crippen LogP contribution in [0.2, 0.25) is 0 Å². The van der Waals surface area contributed by atoms with Gasteiger partial charge in [-0.2, -0.15) is 5.10 Å². The molecule has 1 aliphatic heterocycles. The summed E-state index contributed by atoms with van der Waals surface area (Å²) in [4.78, 5) is 2.57. The van der Waals surface area contributed by atoms with E-state index in [9.17, 15) is 0 Å². The molecule has 3 rings (SSSR count). The number of hydrogen-bond acceptors (Lipinski definition) is 2. The van der Waals surface area contributed by atoms with Crippen molar-refractivity contribution in [3.05, 3.63) is 52.8 Å². The van der Waals surface area contributed by atoms with Gasteiger partial charge in [0.25, 0.3) is 0 Å². The maximum atomic E-state index is 4.38. The molecular formula is C16H20BrN3. The first-order chi connectivity index (χ1) is 9.81. The van der Waals surface area contributed by atoms with E-state index in [0.29, 0.717) is 6.04 Å². The highest BCUT2D eigenvalue weighted by molar-refractivity contribution is 9.10. The second kappa shape index (κ2) is 6.55. The lowest BCUT2D eigenvalue weighted by atomic mass is 9.96. The predicted molar refractivity (Wildman–Crippen MR) is 84.4 cm³/mol. The van der Waals surface area contributed by atoms with Gasteiger partial charge < -0.3 is 0 Å². The van der Waals surface area contributed by atoms with Crippen molar-refractivity contribution < 1.29 is 0 Å². The van der Waals surface area contributed by atoms with Gasteiger partial charge >= 0.3 is 0 Å². The Balaban J connectivity index is 1.67. The van der Waals surface area contributed by atoms with E-state index in [4.69, 9.17) is 0 Å². The van der Waals surface area contributed by atoms with Gasteiger partial charge in [0.15, 0.2) is 0 Å². The lowest BCUT2D eigenvalue weighted by molar-refractivity contribution is 0.104. The molecule has 1 fully saturated rings. The molecule has 0 spiro atoms. The van der Waals surface area contributed by atoms with Crippen molar-refractivity contribution in [2.24, 2.45) is 0 Å². The molecule has 1 saturated heterocycles. The van der Waals surface area contributed by atoms with Crippen LogP contribution in [0.15, 0.2) is 47.2 Å². The first-order valence-electron chi connectivity index (χ1n) is 7.27. The summed E-state index contributed by atoms with van der Waals surface area (Å²) in [5, 5.41) is 4.38. The van der Waals surface area contributed by atoms with Gasteiger partial charge in [-0.3, -0.25) is 9.58 Å². The van der Waals surface area contributed by atoms with Gasteiger partial charge in [-0.05, 0) is 40.8 Å². The van der Waals surface area contributed by atoms with Crippen LogP contribution in [0.3, 0.4) is 0 Å². The van der Waals surface area contributed by atoms with Gasteiger partial charge in [0.1, 0.15) is 0 Å². The molecule has 1 unspecified atom stereocenters. The number of hydrogen-bond donors (Lipinski definition) is 0. The third-order valence-corrected chi connectivity index (χ3v) is 4.40. The largest absolute Gasteiger partial charge is 0.281 e. The van der Waals surface area contributed by atoms with Crippen LogP contribution in [-0.4, -0.2) is 27.3 Å². The molecule has 1 aromatic carbocycles. The molecule has 0 aliphatic carbocycles. The number of aromatic nitrogens is 2. The minimum absolute atomic E-state index is 0.633. The van der Waals surface area contributed by atoms with Crippen LogP contribution in [0.4, 0.5) is 0 Å². The van der Waals surface area contributed by atoms with Gasteiger partial charge in [0.2, 0.25) is 0 Å². The van der Waals surface area contributed by atoms with Gasteiger partial charge in [-0.1, -0.05) is 36.8 Å². The Morgan fingerprint density at radius 3 is 2.80 bits per heavy atom. The molecule has 2 aromatic rings. The number of halogens is 1. The Labute approximate surface area is 128 Å². The number of rotatable bonds is 4. The van der Waals surface area contributed by atoms with E-state index >= 15 is 0 Å². The second-order valence-corrected chi connectivity index (χ2v) is 6.41. The molecule has 0 bridgehead atoms. The zero-order chi connectivity index (χ0) is 13.8. The summed E-state index contributed by atoms with van der Waals surface area (Å²) in [5.41, 5.74) is 1.44. The Morgan fingerprint density at radius 1 is 1.20 bits per heavy atom. The third kappa shape index (κ3) is 3.49. The van der Waals surface area contributed by atoms with Crippen LogP contribution in [-0.2, 0) is 13.1 Å². The Morgan fingerprint density at radius 2 is 2.05 bits per heavy atom. The summed E-state index contributed by atoms with van der Waals surface area (Å²) in [6.07, 6.45) is 8.98. The van der Waals surface area contributed by atoms with E-state index in [1.165, 1.54) is 31.4 Å². The van der Waals surface area contributed by atoms with Crippen LogP contribution in [0, 0.1) is 0 Å². The Kier molecular flexibility index (Phi) is 4.53. The Hall–Kier alpha value is -1.13. The van der Waals surface area contributed by atoms with Crippen molar-refractivity contribution in [2.45, 2.75) is 38.4 Å². The summed E-state index contributed by atoms with van der Waals surface area (Å²) in [5.74, 6) is 0. The van der Waals surface area contributed by atoms with Crippen LogP contribution >= 0.6 is 15.9 Å². The fourth-order valence-corrected chi connectivity index (χ4v) is 3.29. The summed E-state index contributed by atoms with van der Waals surface area (Å²) in [6, 6.07) is 11.5. The average molecular weight is 334 g/mol. The minimum atomic E-state index is 0.633. The van der Waals surface area contributed by atoms with Crippen molar-refractivity contribution in [3.63, 3.8) is 0 Å². The summed E-state index contributed by atoms with van der Waals surface area (Å²) >= 11 is 3.46. The maximum Gasteiger partial charge on any atom is 0.0931 e. The maximum absolute atomic E-state index is 4.38. The van der Waals surface area contributed by atoms with Crippen LogP contribution in [0.25, 0.3) is 0 Å². The van der Waals surface area contributed by atoms with Gasteiger partial charge in [0.05, 0.1) is 17.3 Å². The summed E-state index contributed by atoms with van der Waals surface area (Å²) in [6.45, 7) is 2.07. The van der Waals surface area contributed by atoms with Gasteiger partial charge in [-0.25, -0.2) is 0 Å². The summed E-state index contributed by atoms with van der Waals surface area (Å²) in [7, 11) is 0. The van der Waals surface area contributed by atoms with E-state index in [1.807, 2.05) is 17.1 Å². The molecule has 1 aromatic heterocycles. The average Bonchev–Trinajstić information content (AvgIpc) is 2.88. The predicted octanol–water partition coefficient (Wildman–Crippen LogP) is 3.70. The Bertz CT molecular complexity index is 538. The van der Waals surface area contributed by atoms with Crippen molar-refractivity contribution in [2.75, 3.05) is 6.54 Å². The van der Waals surface area contributed by atoms with E-state index < -0.39 is 0 Å². The highest BCUT2D eigenvalue weighted by Crippen LogP contribution is 2.21. The van der Waals surface area contributed by atoms with E-state index in [1.54, 1.807) is 0 Å². The smallest absolute Gasteiger partial charge is 0.0931 e. The lowest BCUT2D eigenvalue weighted by Crippen LogP contribution is -2.41. The third-order valence-electron chi connectivity index (χ3n) is 3.99. The number of likely N-dealkylation sites (tertiary alicyclic amines) is 1. The molecule has 1 aliphatic rings. The van der Waals surface area contributed by atoms with Crippen molar-refractivity contribution in [3.8, 4) is 0 Å². The summed E-state index contributed by atoms with van der Waals surface area (Å²) < 4.78 is 3.07. The topological polar surface area (TPSA) is 21.1 Å². The number of benzene rings is 1. The van der Waals surface area contributed by atoms with E-state index in [2.05, 4.69) is 56.3 Å². The van der Waals surface area contributed by atoms with Crippen molar-refractivity contribution >= 4 is 15.9 Å². The van der Waals surface area contributed by atoms with Gasteiger partial charge in [0, 0.05) is 18.8 Å². The standard InChI is InChI=1S/C16H20BrN3/c17-15-11-18-20(12-15)13-19-9-5-4-8-16(19)10-14-6-2-1-3-7-14/h1-3,6-7,11-12,16H,4-5,8-10,13H2. The molecular weight excluding hydrogens is 314 g/mol. The number of piperidine rings is 1. The zero-order valence-corrected chi connectivity index (χ0v) is 13.2. The fraction of sp³-hybridized carbons (Fsp3) is 0.438. The van der Waals surface area contributed by atoms with Crippen molar-refractivity contribution in [1.82, 2.24) is 14.7 Å². The SMILES string of the molecule is Brc1cnn(CN2CCCCC2Cc2ccccc2)c1. The monoisotopic (exact) mass is 333 g/mol.